The molecule has 0 aromatic heterocycles. The summed E-state index contributed by atoms with van der Waals surface area (Å²) in [5, 5.41) is 0. The number of hydrogen-bond acceptors (Lipinski definition) is 7. The largest absolute Gasteiger partial charge is 0.349 e. The van der Waals surface area contributed by atoms with E-state index >= 15 is 0 Å². The first-order valence-corrected chi connectivity index (χ1v) is 14.5. The van der Waals surface area contributed by atoms with E-state index in [0.29, 0.717) is 52.1 Å². The van der Waals surface area contributed by atoms with E-state index in [0.717, 1.165) is 6.42 Å². The highest BCUT2D eigenvalue weighted by molar-refractivity contribution is 5.99. The SMILES string of the molecule is CCC1(OC(C)(C)CC(C)(C)N2C(=O)CC(C)(C(C)C)CC2=O)OCC2(CO1)COC(CC)(C(C)C)OC2. The topological polar surface area (TPSA) is 83.5 Å². The molecular formula is C30H53NO7. The van der Waals surface area contributed by atoms with Crippen molar-refractivity contribution in [3.63, 3.8) is 0 Å². The van der Waals surface area contributed by atoms with Crippen LogP contribution >= 0.6 is 0 Å². The first-order valence-electron chi connectivity index (χ1n) is 14.5. The Kier molecular flexibility index (Phi) is 8.89. The lowest BCUT2D eigenvalue weighted by atomic mass is 9.70. The third kappa shape index (κ3) is 6.14. The molecule has 220 valence electrons. The Balaban J connectivity index is 1.66. The first kappa shape index (κ1) is 31.5. The van der Waals surface area contributed by atoms with Crippen molar-refractivity contribution in [3.8, 4) is 0 Å². The van der Waals surface area contributed by atoms with Crippen LogP contribution in [0.25, 0.3) is 0 Å². The van der Waals surface area contributed by atoms with E-state index < -0.39 is 22.9 Å². The number of likely N-dealkylation sites (tertiary alicyclic amines) is 1. The van der Waals surface area contributed by atoms with Gasteiger partial charge in [0.25, 0.3) is 5.97 Å². The molecule has 0 atom stereocenters. The second-order valence-electron chi connectivity index (χ2n) is 14.1. The quantitative estimate of drug-likeness (QED) is 0.349. The normalized spacial score (nSPS) is 33.0. The molecule has 3 saturated heterocycles. The minimum Gasteiger partial charge on any atom is -0.349 e. The van der Waals surface area contributed by atoms with E-state index in [1.807, 2.05) is 41.5 Å². The van der Waals surface area contributed by atoms with E-state index in [2.05, 4.69) is 34.6 Å². The molecule has 3 heterocycles. The molecule has 0 aromatic rings. The van der Waals surface area contributed by atoms with Gasteiger partial charge in [0.2, 0.25) is 11.8 Å². The molecule has 3 aliphatic heterocycles. The number of carbonyl (C=O) groups is 2. The van der Waals surface area contributed by atoms with E-state index in [9.17, 15) is 9.59 Å². The highest BCUT2D eigenvalue weighted by atomic mass is 16.9. The molecule has 2 amide bonds. The van der Waals surface area contributed by atoms with Crippen molar-refractivity contribution in [3.05, 3.63) is 0 Å². The molecule has 1 spiro atoms. The van der Waals surface area contributed by atoms with E-state index in [1.54, 1.807) is 0 Å². The van der Waals surface area contributed by atoms with Gasteiger partial charge >= 0.3 is 0 Å². The van der Waals surface area contributed by atoms with Gasteiger partial charge in [-0.2, -0.15) is 0 Å². The van der Waals surface area contributed by atoms with Gasteiger partial charge in [0.05, 0.1) is 37.4 Å². The summed E-state index contributed by atoms with van der Waals surface area (Å²) in [5.41, 5.74) is -2.16. The van der Waals surface area contributed by atoms with Crippen molar-refractivity contribution in [1.82, 2.24) is 4.90 Å². The minimum absolute atomic E-state index is 0.114. The van der Waals surface area contributed by atoms with Crippen LogP contribution in [0.4, 0.5) is 0 Å². The van der Waals surface area contributed by atoms with Gasteiger partial charge in [-0.1, -0.05) is 48.5 Å². The van der Waals surface area contributed by atoms with Crippen LogP contribution in [0.3, 0.4) is 0 Å². The molecule has 8 heteroatoms. The van der Waals surface area contributed by atoms with Crippen LogP contribution in [-0.2, 0) is 33.3 Å². The molecule has 0 N–H and O–H groups in total. The monoisotopic (exact) mass is 539 g/mol. The van der Waals surface area contributed by atoms with Gasteiger partial charge in [-0.15, -0.1) is 0 Å². The standard InChI is InChI=1S/C30H53NO7/c1-12-29(22(5)6)34-17-28(18-35-29)19-36-30(13-2,37-20-28)38-26(9,10)16-25(7,8)31-23(32)14-27(11,21(3)4)15-24(31)33/h21-22H,12-20H2,1-11H3. The second kappa shape index (κ2) is 10.7. The molecule has 8 nitrogen and oxygen atoms in total. The summed E-state index contributed by atoms with van der Waals surface area (Å²) in [6.45, 7) is 24.1. The number of hydrogen-bond donors (Lipinski definition) is 0. The molecular weight excluding hydrogens is 486 g/mol. The number of carbonyl (C=O) groups excluding carboxylic acids is 2. The van der Waals surface area contributed by atoms with Gasteiger partial charge in [0.1, 0.15) is 0 Å². The van der Waals surface area contributed by atoms with E-state index in [-0.39, 0.29) is 34.5 Å². The second-order valence-corrected chi connectivity index (χ2v) is 14.1. The third-order valence-corrected chi connectivity index (χ3v) is 9.15. The number of rotatable bonds is 9. The van der Waals surface area contributed by atoms with Crippen molar-refractivity contribution in [2.75, 3.05) is 26.4 Å². The zero-order chi connectivity index (χ0) is 28.8. The minimum atomic E-state index is -1.21. The van der Waals surface area contributed by atoms with E-state index in [1.165, 1.54) is 4.90 Å². The summed E-state index contributed by atoms with van der Waals surface area (Å²) >= 11 is 0. The average molecular weight is 540 g/mol. The van der Waals surface area contributed by atoms with Gasteiger partial charge in [0.15, 0.2) is 5.79 Å². The fourth-order valence-corrected chi connectivity index (χ4v) is 6.40. The summed E-state index contributed by atoms with van der Waals surface area (Å²) in [5.74, 6) is -1.51. The van der Waals surface area contributed by atoms with Gasteiger partial charge < -0.3 is 23.7 Å². The molecule has 0 aromatic carbocycles. The maximum absolute atomic E-state index is 13.2. The Morgan fingerprint density at radius 3 is 1.68 bits per heavy atom. The Hall–Kier alpha value is -1.06. The third-order valence-electron chi connectivity index (χ3n) is 9.15. The number of piperidine rings is 1. The van der Waals surface area contributed by atoms with Gasteiger partial charge in [-0.05, 0) is 51.9 Å². The number of nitrogens with zero attached hydrogens (tertiary/aromatic N) is 1. The molecule has 0 radical (unpaired) electrons. The van der Waals surface area contributed by atoms with Gasteiger partial charge in [-0.25, -0.2) is 0 Å². The summed E-state index contributed by atoms with van der Waals surface area (Å²) in [7, 11) is 0. The van der Waals surface area contributed by atoms with Crippen LogP contribution in [0.15, 0.2) is 0 Å². The molecule has 38 heavy (non-hydrogen) atoms. The van der Waals surface area contributed by atoms with Crippen LogP contribution in [0, 0.1) is 22.7 Å². The fraction of sp³-hybridized carbons (Fsp3) is 0.933. The van der Waals surface area contributed by atoms with Crippen molar-refractivity contribution in [2.45, 2.75) is 131 Å². The molecule has 3 aliphatic rings. The molecule has 0 saturated carbocycles. The maximum atomic E-state index is 13.2. The average Bonchev–Trinajstić information content (AvgIpc) is 2.79. The summed E-state index contributed by atoms with van der Waals surface area (Å²) in [4.78, 5) is 27.9. The lowest BCUT2D eigenvalue weighted by molar-refractivity contribution is -0.459. The lowest BCUT2D eigenvalue weighted by Gasteiger charge is -2.53. The number of amides is 2. The predicted octanol–water partition coefficient (Wildman–Crippen LogP) is 5.67. The summed E-state index contributed by atoms with van der Waals surface area (Å²) in [6, 6.07) is 0. The Morgan fingerprint density at radius 1 is 0.816 bits per heavy atom. The zero-order valence-electron chi connectivity index (χ0n) is 25.8. The summed E-state index contributed by atoms with van der Waals surface area (Å²) in [6.07, 6.45) is 2.46. The van der Waals surface area contributed by atoms with Crippen LogP contribution in [0.2, 0.25) is 0 Å². The molecule has 0 unspecified atom stereocenters. The Morgan fingerprint density at radius 2 is 1.29 bits per heavy atom. The van der Waals surface area contributed by atoms with Crippen molar-refractivity contribution in [1.29, 1.82) is 0 Å². The van der Waals surface area contributed by atoms with Crippen LogP contribution in [-0.4, -0.2) is 66.0 Å². The van der Waals surface area contributed by atoms with Crippen molar-refractivity contribution in [2.24, 2.45) is 22.7 Å². The van der Waals surface area contributed by atoms with Gasteiger partial charge in [0, 0.05) is 30.7 Å². The predicted molar refractivity (Wildman–Crippen MR) is 145 cm³/mol. The molecule has 3 fully saturated rings. The zero-order valence-corrected chi connectivity index (χ0v) is 25.8. The van der Waals surface area contributed by atoms with E-state index in [4.69, 9.17) is 23.7 Å². The van der Waals surface area contributed by atoms with Crippen molar-refractivity contribution >= 4 is 11.8 Å². The lowest BCUT2D eigenvalue weighted by Crippen LogP contribution is -2.62. The number of ether oxygens (including phenoxy) is 5. The van der Waals surface area contributed by atoms with Crippen LogP contribution in [0.5, 0.6) is 0 Å². The van der Waals surface area contributed by atoms with Crippen LogP contribution in [0.1, 0.15) is 108 Å². The molecule has 3 rings (SSSR count). The maximum Gasteiger partial charge on any atom is 0.283 e. The van der Waals surface area contributed by atoms with Crippen LogP contribution < -0.4 is 0 Å². The number of imide groups is 1. The first-order chi connectivity index (χ1) is 17.4. The molecule has 0 bridgehead atoms. The molecule has 0 aliphatic carbocycles. The fourth-order valence-electron chi connectivity index (χ4n) is 6.40. The smallest absolute Gasteiger partial charge is 0.283 e. The summed E-state index contributed by atoms with van der Waals surface area (Å²) < 4.78 is 31.7. The highest BCUT2D eigenvalue weighted by Crippen LogP contribution is 2.45. The highest BCUT2D eigenvalue weighted by Gasteiger charge is 2.54. The Labute approximate surface area is 230 Å². The van der Waals surface area contributed by atoms with Gasteiger partial charge in [-0.3, -0.25) is 14.5 Å². The Bertz CT molecular complexity index is 842. The van der Waals surface area contributed by atoms with Crippen molar-refractivity contribution < 1.29 is 33.3 Å².